The third kappa shape index (κ3) is 2.80. The van der Waals surface area contributed by atoms with Crippen LogP contribution in [-0.4, -0.2) is 22.0 Å². The van der Waals surface area contributed by atoms with E-state index >= 15 is 0 Å². The highest BCUT2D eigenvalue weighted by molar-refractivity contribution is 8.00. The lowest BCUT2D eigenvalue weighted by molar-refractivity contribution is 0.418. The fourth-order valence-corrected chi connectivity index (χ4v) is 3.93. The molecule has 94 valence electrons. The van der Waals surface area contributed by atoms with Gasteiger partial charge in [0.1, 0.15) is 5.82 Å². The number of hydrogen-bond acceptors (Lipinski definition) is 3. The Hall–Kier alpha value is -0.610. The Balaban J connectivity index is 2.28. The summed E-state index contributed by atoms with van der Waals surface area (Å²) in [5, 5.41) is 3.48. The molecule has 0 aliphatic carbocycles. The van der Waals surface area contributed by atoms with Crippen molar-refractivity contribution in [3.05, 3.63) is 29.8 Å². The van der Waals surface area contributed by atoms with E-state index in [0.29, 0.717) is 0 Å². The van der Waals surface area contributed by atoms with E-state index in [9.17, 15) is 4.39 Å². The van der Waals surface area contributed by atoms with Gasteiger partial charge in [-0.25, -0.2) is 4.39 Å². The maximum absolute atomic E-state index is 13.3. The summed E-state index contributed by atoms with van der Waals surface area (Å²) >= 11 is 1.98. The fraction of sp³-hybridized carbons (Fsp3) is 0.615. The van der Waals surface area contributed by atoms with Crippen molar-refractivity contribution in [2.45, 2.75) is 37.5 Å². The largest absolute Gasteiger partial charge is 0.309 e. The zero-order valence-electron chi connectivity index (χ0n) is 10.4. The summed E-state index contributed by atoms with van der Waals surface area (Å²) in [4.78, 5) is 3.97. The second-order valence-electron chi connectivity index (χ2n) is 4.69. The third-order valence-electron chi connectivity index (χ3n) is 3.33. The smallest absolute Gasteiger partial charge is 0.141 e. The summed E-state index contributed by atoms with van der Waals surface area (Å²) in [6.45, 7) is 5.24. The minimum absolute atomic E-state index is 0.158. The summed E-state index contributed by atoms with van der Waals surface area (Å²) in [5.74, 6) is 0.943. The maximum atomic E-state index is 13.3. The van der Waals surface area contributed by atoms with E-state index in [4.69, 9.17) is 0 Å². The molecular formula is C13H19FN2S. The molecule has 1 fully saturated rings. The summed E-state index contributed by atoms with van der Waals surface area (Å²) in [6, 6.07) is 1.79. The monoisotopic (exact) mass is 254 g/mol. The molecule has 0 radical (unpaired) electrons. The van der Waals surface area contributed by atoms with Crippen molar-refractivity contribution in [3.63, 3.8) is 0 Å². The van der Waals surface area contributed by atoms with Gasteiger partial charge >= 0.3 is 0 Å². The van der Waals surface area contributed by atoms with E-state index in [-0.39, 0.29) is 16.6 Å². The van der Waals surface area contributed by atoms with Crippen LogP contribution in [-0.2, 0) is 0 Å². The normalized spacial score (nSPS) is 26.1. The van der Waals surface area contributed by atoms with Gasteiger partial charge in [0, 0.05) is 17.0 Å². The second-order valence-corrected chi connectivity index (χ2v) is 6.32. The summed E-state index contributed by atoms with van der Waals surface area (Å²) in [7, 11) is 0. The van der Waals surface area contributed by atoms with E-state index in [2.05, 4.69) is 24.1 Å². The van der Waals surface area contributed by atoms with Gasteiger partial charge in [-0.15, -0.1) is 0 Å². The highest BCUT2D eigenvalue weighted by Gasteiger charge is 2.38. The number of thioether (sulfide) groups is 1. The van der Waals surface area contributed by atoms with Gasteiger partial charge in [0.25, 0.3) is 0 Å². The van der Waals surface area contributed by atoms with Crippen LogP contribution in [0.15, 0.2) is 18.5 Å². The number of rotatable bonds is 4. The van der Waals surface area contributed by atoms with Gasteiger partial charge < -0.3 is 5.32 Å². The predicted octanol–water partition coefficient (Wildman–Crippen LogP) is 3.16. The molecule has 1 aromatic heterocycles. The van der Waals surface area contributed by atoms with Gasteiger partial charge in [0.05, 0.1) is 6.20 Å². The Morgan fingerprint density at radius 1 is 1.59 bits per heavy atom. The standard InChI is InChI=1S/C13H19FN2S/c1-3-16-12(13(2)5-4-6-17-13)10-7-11(14)9-15-8-10/h7-9,12,16H,3-6H2,1-2H3. The minimum atomic E-state index is -0.253. The van der Waals surface area contributed by atoms with Crippen molar-refractivity contribution in [1.82, 2.24) is 10.3 Å². The average molecular weight is 254 g/mol. The minimum Gasteiger partial charge on any atom is -0.309 e. The Labute approximate surface area is 106 Å². The van der Waals surface area contributed by atoms with Crippen LogP contribution >= 0.6 is 11.8 Å². The zero-order chi connectivity index (χ0) is 12.3. The highest BCUT2D eigenvalue weighted by atomic mass is 32.2. The molecule has 0 bridgehead atoms. The third-order valence-corrected chi connectivity index (χ3v) is 4.92. The van der Waals surface area contributed by atoms with Gasteiger partial charge in [-0.05, 0) is 43.7 Å². The van der Waals surface area contributed by atoms with Crippen molar-refractivity contribution >= 4 is 11.8 Å². The van der Waals surface area contributed by atoms with Crippen molar-refractivity contribution in [2.75, 3.05) is 12.3 Å². The molecule has 2 heterocycles. The number of hydrogen-bond donors (Lipinski definition) is 1. The van der Waals surface area contributed by atoms with Crippen LogP contribution in [0.4, 0.5) is 4.39 Å². The number of nitrogens with one attached hydrogen (secondary N) is 1. The molecule has 1 aliphatic rings. The number of halogens is 1. The van der Waals surface area contributed by atoms with Crippen molar-refractivity contribution in [3.8, 4) is 0 Å². The first-order valence-electron chi connectivity index (χ1n) is 6.13. The Bertz CT molecular complexity index is 377. The molecule has 0 spiro atoms. The molecule has 17 heavy (non-hydrogen) atoms. The van der Waals surface area contributed by atoms with Crippen LogP contribution in [0, 0.1) is 5.82 Å². The molecule has 2 atom stereocenters. The molecule has 0 amide bonds. The zero-order valence-corrected chi connectivity index (χ0v) is 11.2. The Morgan fingerprint density at radius 2 is 2.41 bits per heavy atom. The van der Waals surface area contributed by atoms with Crippen LogP contribution in [0.1, 0.15) is 38.3 Å². The Kier molecular flexibility index (Phi) is 4.05. The molecular weight excluding hydrogens is 235 g/mol. The van der Waals surface area contributed by atoms with Crippen LogP contribution in [0.5, 0.6) is 0 Å². The lowest BCUT2D eigenvalue weighted by Gasteiger charge is -2.34. The molecule has 1 saturated heterocycles. The van der Waals surface area contributed by atoms with Crippen LogP contribution in [0.2, 0.25) is 0 Å². The lowest BCUT2D eigenvalue weighted by Crippen LogP contribution is -2.37. The van der Waals surface area contributed by atoms with Crippen molar-refractivity contribution in [1.29, 1.82) is 0 Å². The lowest BCUT2D eigenvalue weighted by atomic mass is 9.91. The molecule has 1 aromatic rings. The average Bonchev–Trinajstić information content (AvgIpc) is 2.74. The van der Waals surface area contributed by atoms with Crippen LogP contribution in [0.25, 0.3) is 0 Å². The molecule has 4 heteroatoms. The summed E-state index contributed by atoms with van der Waals surface area (Å²) in [6.07, 6.45) is 5.45. The first kappa shape index (κ1) is 12.8. The molecule has 1 aliphatic heterocycles. The maximum Gasteiger partial charge on any atom is 0.141 e. The second kappa shape index (κ2) is 5.36. The van der Waals surface area contributed by atoms with Gasteiger partial charge in [-0.1, -0.05) is 6.92 Å². The van der Waals surface area contributed by atoms with Gasteiger partial charge in [-0.2, -0.15) is 11.8 Å². The first-order valence-corrected chi connectivity index (χ1v) is 7.12. The Morgan fingerprint density at radius 3 is 3.00 bits per heavy atom. The summed E-state index contributed by atoms with van der Waals surface area (Å²) in [5.41, 5.74) is 0.962. The summed E-state index contributed by atoms with van der Waals surface area (Å²) < 4.78 is 13.4. The van der Waals surface area contributed by atoms with E-state index in [1.165, 1.54) is 24.8 Å². The molecule has 0 saturated carbocycles. The molecule has 2 nitrogen and oxygen atoms in total. The van der Waals surface area contributed by atoms with E-state index in [1.807, 2.05) is 11.8 Å². The van der Waals surface area contributed by atoms with E-state index < -0.39 is 0 Å². The number of nitrogens with zero attached hydrogens (tertiary/aromatic N) is 1. The van der Waals surface area contributed by atoms with E-state index in [1.54, 1.807) is 12.3 Å². The fourth-order valence-electron chi connectivity index (χ4n) is 2.50. The van der Waals surface area contributed by atoms with Gasteiger partial charge in [-0.3, -0.25) is 4.98 Å². The SMILES string of the molecule is CCNC(c1cncc(F)c1)C1(C)CCCS1. The van der Waals surface area contributed by atoms with Crippen molar-refractivity contribution < 1.29 is 4.39 Å². The first-order chi connectivity index (χ1) is 8.15. The molecule has 1 N–H and O–H groups in total. The number of pyridine rings is 1. The van der Waals surface area contributed by atoms with Crippen LogP contribution in [0.3, 0.4) is 0 Å². The van der Waals surface area contributed by atoms with Crippen molar-refractivity contribution in [2.24, 2.45) is 0 Å². The highest BCUT2D eigenvalue weighted by Crippen LogP contribution is 2.46. The van der Waals surface area contributed by atoms with E-state index in [0.717, 1.165) is 12.1 Å². The van der Waals surface area contributed by atoms with Crippen LogP contribution < -0.4 is 5.32 Å². The molecule has 2 unspecified atom stereocenters. The molecule has 2 rings (SSSR count). The predicted molar refractivity (Wildman–Crippen MR) is 70.7 cm³/mol. The quantitative estimate of drug-likeness (QED) is 0.893. The van der Waals surface area contributed by atoms with Gasteiger partial charge in [0.15, 0.2) is 0 Å². The topological polar surface area (TPSA) is 24.9 Å². The molecule has 0 aromatic carbocycles. The van der Waals surface area contributed by atoms with Gasteiger partial charge in [0.2, 0.25) is 0 Å². The number of aromatic nitrogens is 1.